The van der Waals surface area contributed by atoms with Gasteiger partial charge in [0, 0.05) is 24.8 Å². The minimum absolute atomic E-state index is 0.240. The Hall–Kier alpha value is -1.17. The van der Waals surface area contributed by atoms with Gasteiger partial charge in [0.2, 0.25) is 0 Å². The van der Waals surface area contributed by atoms with Crippen molar-refractivity contribution in [2.24, 2.45) is 11.7 Å². The fraction of sp³-hybridized carbons (Fsp3) is 0.625. The number of likely N-dealkylation sites (tertiary alicyclic amines) is 1. The first-order chi connectivity index (χ1) is 10.2. The molecule has 1 aromatic rings. The van der Waals surface area contributed by atoms with E-state index in [0.717, 1.165) is 32.5 Å². The summed E-state index contributed by atoms with van der Waals surface area (Å²) in [6, 6.07) is 4.40. The topological polar surface area (TPSA) is 58.7 Å². The first-order valence-electron chi connectivity index (χ1n) is 7.57. The Morgan fingerprint density at radius 3 is 3.05 bits per heavy atom. The minimum atomic E-state index is -0.379. The van der Waals surface area contributed by atoms with Crippen LogP contribution in [0.4, 0.5) is 4.39 Å². The first-order valence-corrected chi connectivity index (χ1v) is 7.57. The summed E-state index contributed by atoms with van der Waals surface area (Å²) in [5, 5.41) is 9.25. The number of piperidine rings is 1. The van der Waals surface area contributed by atoms with Gasteiger partial charge >= 0.3 is 0 Å². The molecule has 2 rings (SSSR count). The number of aliphatic hydroxyl groups excluding tert-OH is 1. The van der Waals surface area contributed by atoms with Crippen LogP contribution in [0.2, 0.25) is 0 Å². The van der Waals surface area contributed by atoms with Crippen LogP contribution in [0, 0.1) is 11.7 Å². The van der Waals surface area contributed by atoms with Crippen LogP contribution < -0.4 is 10.5 Å². The highest BCUT2D eigenvalue weighted by molar-refractivity contribution is 5.37. The van der Waals surface area contributed by atoms with Gasteiger partial charge in [0.05, 0.1) is 7.11 Å². The summed E-state index contributed by atoms with van der Waals surface area (Å²) in [6.45, 7) is 2.98. The second-order valence-electron chi connectivity index (χ2n) is 5.74. The van der Waals surface area contributed by atoms with Gasteiger partial charge in [0.1, 0.15) is 11.6 Å². The van der Waals surface area contributed by atoms with E-state index in [0.29, 0.717) is 23.7 Å². The Morgan fingerprint density at radius 1 is 1.52 bits per heavy atom. The molecular formula is C16H25FN2O2. The van der Waals surface area contributed by atoms with E-state index in [1.807, 2.05) is 0 Å². The van der Waals surface area contributed by atoms with Gasteiger partial charge in [-0.2, -0.15) is 0 Å². The Kier molecular flexibility index (Phi) is 5.96. The third-order valence-corrected chi connectivity index (χ3v) is 4.22. The Balaban J connectivity index is 1.94. The maximum Gasteiger partial charge on any atom is 0.131 e. The second kappa shape index (κ2) is 7.73. The number of rotatable bonds is 6. The molecule has 2 atom stereocenters. The highest BCUT2D eigenvalue weighted by atomic mass is 19.1. The van der Waals surface area contributed by atoms with Crippen LogP contribution in [0.5, 0.6) is 5.75 Å². The quantitative estimate of drug-likeness (QED) is 0.842. The number of benzene rings is 1. The van der Waals surface area contributed by atoms with E-state index < -0.39 is 0 Å². The Bertz CT molecular complexity index is 456. The summed E-state index contributed by atoms with van der Waals surface area (Å²) in [7, 11) is 1.53. The maximum absolute atomic E-state index is 14.0. The molecule has 0 saturated carbocycles. The highest BCUT2D eigenvalue weighted by Crippen LogP contribution is 2.28. The molecule has 1 aliphatic heterocycles. The SMILES string of the molecule is COc1cccc(F)c1C(N)CCN1CCCC(CO)C1. The fourth-order valence-electron chi connectivity index (χ4n) is 3.02. The van der Waals surface area contributed by atoms with Crippen LogP contribution in [0.1, 0.15) is 30.9 Å². The zero-order valence-corrected chi connectivity index (χ0v) is 12.6. The molecule has 1 aliphatic rings. The number of nitrogens with two attached hydrogens (primary N) is 1. The van der Waals surface area contributed by atoms with Gasteiger partial charge in [0.15, 0.2) is 0 Å². The highest BCUT2D eigenvalue weighted by Gasteiger charge is 2.21. The van der Waals surface area contributed by atoms with Gasteiger partial charge in [-0.25, -0.2) is 4.39 Å². The van der Waals surface area contributed by atoms with Gasteiger partial charge < -0.3 is 20.5 Å². The third-order valence-electron chi connectivity index (χ3n) is 4.22. The van der Waals surface area contributed by atoms with Crippen molar-refractivity contribution in [3.8, 4) is 5.75 Å². The standard InChI is InChI=1S/C16H25FN2O2/c1-21-15-6-2-5-13(17)16(15)14(18)7-9-19-8-3-4-12(10-19)11-20/h2,5-6,12,14,20H,3-4,7-11,18H2,1H3. The molecule has 0 bridgehead atoms. The van der Waals surface area contributed by atoms with Crippen molar-refractivity contribution in [3.05, 3.63) is 29.6 Å². The first kappa shape index (κ1) is 16.2. The van der Waals surface area contributed by atoms with E-state index in [1.54, 1.807) is 12.1 Å². The summed E-state index contributed by atoms with van der Waals surface area (Å²) < 4.78 is 19.2. The number of aliphatic hydroxyl groups is 1. The molecule has 1 aromatic carbocycles. The van der Waals surface area contributed by atoms with E-state index >= 15 is 0 Å². The molecule has 1 heterocycles. The van der Waals surface area contributed by atoms with E-state index in [4.69, 9.17) is 10.5 Å². The molecule has 4 nitrogen and oxygen atoms in total. The van der Waals surface area contributed by atoms with Crippen LogP contribution in [0.25, 0.3) is 0 Å². The van der Waals surface area contributed by atoms with Gasteiger partial charge in [-0.3, -0.25) is 0 Å². The zero-order chi connectivity index (χ0) is 15.2. The lowest BCUT2D eigenvalue weighted by molar-refractivity contribution is 0.118. The van der Waals surface area contributed by atoms with Crippen molar-refractivity contribution in [1.82, 2.24) is 4.90 Å². The van der Waals surface area contributed by atoms with Crippen molar-refractivity contribution in [1.29, 1.82) is 0 Å². The Morgan fingerprint density at radius 2 is 2.33 bits per heavy atom. The number of nitrogens with zero attached hydrogens (tertiary/aromatic N) is 1. The zero-order valence-electron chi connectivity index (χ0n) is 12.6. The number of halogens is 1. The summed E-state index contributed by atoms with van der Waals surface area (Å²) in [5.41, 5.74) is 6.61. The van der Waals surface area contributed by atoms with Crippen molar-refractivity contribution in [2.75, 3.05) is 33.4 Å². The van der Waals surface area contributed by atoms with Crippen LogP contribution in [-0.4, -0.2) is 43.4 Å². The van der Waals surface area contributed by atoms with E-state index in [2.05, 4.69) is 4.90 Å². The summed E-state index contributed by atoms with van der Waals surface area (Å²) in [5.74, 6) is 0.557. The summed E-state index contributed by atoms with van der Waals surface area (Å²) in [6.07, 6.45) is 2.86. The second-order valence-corrected chi connectivity index (χ2v) is 5.74. The maximum atomic E-state index is 14.0. The lowest BCUT2D eigenvalue weighted by atomic mass is 9.97. The van der Waals surface area contributed by atoms with Crippen LogP contribution >= 0.6 is 0 Å². The van der Waals surface area contributed by atoms with E-state index in [-0.39, 0.29) is 18.5 Å². The normalized spacial score (nSPS) is 21.2. The van der Waals surface area contributed by atoms with Crippen molar-refractivity contribution in [3.63, 3.8) is 0 Å². The molecule has 5 heteroatoms. The minimum Gasteiger partial charge on any atom is -0.496 e. The molecule has 3 N–H and O–H groups in total. The van der Waals surface area contributed by atoms with Crippen molar-refractivity contribution < 1.29 is 14.2 Å². The predicted octanol–water partition coefficient (Wildman–Crippen LogP) is 1.93. The molecule has 21 heavy (non-hydrogen) atoms. The molecule has 118 valence electrons. The summed E-state index contributed by atoms with van der Waals surface area (Å²) >= 11 is 0. The number of hydrogen-bond donors (Lipinski definition) is 2. The lowest BCUT2D eigenvalue weighted by Crippen LogP contribution is -2.38. The van der Waals surface area contributed by atoms with Gasteiger partial charge in [-0.1, -0.05) is 6.07 Å². The van der Waals surface area contributed by atoms with Gasteiger partial charge in [-0.05, 0) is 50.4 Å². The molecule has 2 unspecified atom stereocenters. The number of hydrogen-bond acceptors (Lipinski definition) is 4. The monoisotopic (exact) mass is 296 g/mol. The molecule has 0 amide bonds. The van der Waals surface area contributed by atoms with Crippen LogP contribution in [-0.2, 0) is 0 Å². The van der Waals surface area contributed by atoms with E-state index in [9.17, 15) is 9.50 Å². The van der Waals surface area contributed by atoms with Gasteiger partial charge in [-0.15, -0.1) is 0 Å². The molecule has 0 aliphatic carbocycles. The van der Waals surface area contributed by atoms with Crippen molar-refractivity contribution in [2.45, 2.75) is 25.3 Å². The predicted molar refractivity (Wildman–Crippen MR) is 80.7 cm³/mol. The van der Waals surface area contributed by atoms with Gasteiger partial charge in [0.25, 0.3) is 0 Å². The van der Waals surface area contributed by atoms with Crippen LogP contribution in [0.3, 0.4) is 0 Å². The number of ether oxygens (including phenoxy) is 1. The van der Waals surface area contributed by atoms with E-state index in [1.165, 1.54) is 13.2 Å². The average molecular weight is 296 g/mol. The van der Waals surface area contributed by atoms with Crippen molar-refractivity contribution >= 4 is 0 Å². The fourth-order valence-corrected chi connectivity index (χ4v) is 3.02. The molecule has 0 spiro atoms. The molecule has 1 saturated heterocycles. The van der Waals surface area contributed by atoms with Crippen LogP contribution in [0.15, 0.2) is 18.2 Å². The summed E-state index contributed by atoms with van der Waals surface area (Å²) in [4.78, 5) is 2.30. The molecular weight excluding hydrogens is 271 g/mol. The molecule has 0 aromatic heterocycles. The number of methoxy groups -OCH3 is 1. The smallest absolute Gasteiger partial charge is 0.131 e. The largest absolute Gasteiger partial charge is 0.496 e. The molecule has 0 radical (unpaired) electrons. The lowest BCUT2D eigenvalue weighted by Gasteiger charge is -2.32. The third kappa shape index (κ3) is 4.15. The Labute approximate surface area is 125 Å². The molecule has 1 fully saturated rings. The average Bonchev–Trinajstić information content (AvgIpc) is 2.52.